The molecule has 60 valence electrons. The molecule has 1 heterocycles. The van der Waals surface area contributed by atoms with Crippen LogP contribution in [0.1, 0.15) is 10.4 Å². The van der Waals surface area contributed by atoms with Crippen molar-refractivity contribution in [2.45, 2.75) is 0 Å². The van der Waals surface area contributed by atoms with Crippen molar-refractivity contribution in [3.8, 4) is 0 Å². The zero-order valence-corrected chi connectivity index (χ0v) is 7.52. The van der Waals surface area contributed by atoms with E-state index in [0.717, 1.165) is 16.5 Å². The Morgan fingerprint density at radius 2 is 2.33 bits per heavy atom. The molecule has 0 atom stereocenters. The summed E-state index contributed by atoms with van der Waals surface area (Å²) < 4.78 is 0.898. The van der Waals surface area contributed by atoms with Crippen LogP contribution in [0.5, 0.6) is 0 Å². The number of aldehydes is 1. The molecule has 0 N–H and O–H groups in total. The lowest BCUT2D eigenvalue weighted by atomic mass is 10.2. The molecule has 0 saturated carbocycles. The number of aromatic nitrogens is 1. The molecule has 0 bridgehead atoms. The summed E-state index contributed by atoms with van der Waals surface area (Å²) >= 11 is 7.21. The summed E-state index contributed by atoms with van der Waals surface area (Å²) in [6.45, 7) is 0. The average Bonchev–Trinajstić information content (AvgIpc) is 2.50. The van der Waals surface area contributed by atoms with Crippen molar-refractivity contribution in [3.63, 3.8) is 0 Å². The van der Waals surface area contributed by atoms with Crippen LogP contribution in [0.2, 0.25) is 5.02 Å². The maximum atomic E-state index is 10.6. The highest BCUT2D eigenvalue weighted by atomic mass is 35.5. The predicted octanol–water partition coefficient (Wildman–Crippen LogP) is 2.76. The van der Waals surface area contributed by atoms with Gasteiger partial charge >= 0.3 is 0 Å². The lowest BCUT2D eigenvalue weighted by Crippen LogP contribution is -1.79. The number of carbonyl (C=O) groups is 1. The van der Waals surface area contributed by atoms with E-state index in [4.69, 9.17) is 11.6 Å². The van der Waals surface area contributed by atoms with Crippen LogP contribution >= 0.6 is 22.9 Å². The van der Waals surface area contributed by atoms with E-state index in [-0.39, 0.29) is 0 Å². The molecule has 0 saturated heterocycles. The van der Waals surface area contributed by atoms with Gasteiger partial charge in [-0.25, -0.2) is 4.98 Å². The fourth-order valence-electron chi connectivity index (χ4n) is 1.05. The highest BCUT2D eigenvalue weighted by Gasteiger charge is 2.03. The van der Waals surface area contributed by atoms with Crippen LogP contribution in [0.15, 0.2) is 17.6 Å². The molecular weight excluding hydrogens is 194 g/mol. The van der Waals surface area contributed by atoms with Gasteiger partial charge in [0.05, 0.1) is 15.7 Å². The van der Waals surface area contributed by atoms with Crippen LogP contribution in [0.25, 0.3) is 10.2 Å². The average molecular weight is 198 g/mol. The molecule has 4 heteroatoms. The number of hydrogen-bond donors (Lipinski definition) is 0. The third-order valence-electron chi connectivity index (χ3n) is 1.55. The number of fused-ring (bicyclic) bond motifs is 1. The quantitative estimate of drug-likeness (QED) is 0.658. The van der Waals surface area contributed by atoms with E-state index >= 15 is 0 Å². The number of halogens is 1. The van der Waals surface area contributed by atoms with Gasteiger partial charge in [-0.3, -0.25) is 4.79 Å². The van der Waals surface area contributed by atoms with Crippen molar-refractivity contribution in [3.05, 3.63) is 28.2 Å². The Morgan fingerprint density at radius 3 is 3.08 bits per heavy atom. The third kappa shape index (κ3) is 1.11. The van der Waals surface area contributed by atoms with E-state index in [2.05, 4.69) is 4.98 Å². The van der Waals surface area contributed by atoms with E-state index < -0.39 is 0 Å². The molecule has 0 spiro atoms. The second-order valence-corrected chi connectivity index (χ2v) is 3.60. The van der Waals surface area contributed by atoms with Gasteiger partial charge in [0.2, 0.25) is 0 Å². The fourth-order valence-corrected chi connectivity index (χ4v) is 2.02. The topological polar surface area (TPSA) is 30.0 Å². The Hall–Kier alpha value is -0.930. The van der Waals surface area contributed by atoms with Crippen LogP contribution < -0.4 is 0 Å². The molecule has 12 heavy (non-hydrogen) atoms. The van der Waals surface area contributed by atoms with Crippen LogP contribution in [0, 0.1) is 0 Å². The largest absolute Gasteiger partial charge is 0.298 e. The summed E-state index contributed by atoms with van der Waals surface area (Å²) in [4.78, 5) is 14.7. The molecule has 0 aliphatic carbocycles. The molecule has 0 fully saturated rings. The van der Waals surface area contributed by atoms with E-state index in [1.54, 1.807) is 17.6 Å². The molecule has 1 aromatic heterocycles. The predicted molar refractivity (Wildman–Crippen MR) is 50.0 cm³/mol. The van der Waals surface area contributed by atoms with E-state index in [9.17, 15) is 4.79 Å². The summed E-state index contributed by atoms with van der Waals surface area (Å²) in [5, 5.41) is 0.551. The maximum Gasteiger partial charge on any atom is 0.151 e. The van der Waals surface area contributed by atoms with E-state index in [1.807, 2.05) is 0 Å². The minimum absolute atomic E-state index is 0.551. The van der Waals surface area contributed by atoms with Crippen LogP contribution in [-0.2, 0) is 0 Å². The first kappa shape index (κ1) is 7.71. The number of thiazole rings is 1. The molecule has 0 aliphatic rings. The number of carbonyl (C=O) groups excluding carboxylic acids is 1. The van der Waals surface area contributed by atoms with Crippen LogP contribution in [0.3, 0.4) is 0 Å². The number of rotatable bonds is 1. The van der Waals surface area contributed by atoms with Gasteiger partial charge in [0.25, 0.3) is 0 Å². The molecule has 2 rings (SSSR count). The SMILES string of the molecule is O=Cc1cc(Cl)cc2ncsc12. The lowest BCUT2D eigenvalue weighted by Gasteiger charge is -1.93. The van der Waals surface area contributed by atoms with Gasteiger partial charge in [0, 0.05) is 10.6 Å². The van der Waals surface area contributed by atoms with Crippen molar-refractivity contribution in [1.82, 2.24) is 4.98 Å². The molecule has 0 amide bonds. The monoisotopic (exact) mass is 197 g/mol. The van der Waals surface area contributed by atoms with Crippen molar-refractivity contribution in [2.24, 2.45) is 0 Å². The number of hydrogen-bond acceptors (Lipinski definition) is 3. The Kier molecular flexibility index (Phi) is 1.83. The second-order valence-electron chi connectivity index (χ2n) is 2.31. The number of benzene rings is 1. The lowest BCUT2D eigenvalue weighted by molar-refractivity contribution is 0.112. The summed E-state index contributed by atoms with van der Waals surface area (Å²) in [6, 6.07) is 3.40. The molecule has 0 aliphatic heterocycles. The number of nitrogens with zero attached hydrogens (tertiary/aromatic N) is 1. The minimum Gasteiger partial charge on any atom is -0.298 e. The normalized spacial score (nSPS) is 10.4. The first-order valence-corrected chi connectivity index (χ1v) is 4.55. The minimum atomic E-state index is 0.551. The van der Waals surface area contributed by atoms with Crippen molar-refractivity contribution >= 4 is 39.4 Å². The summed E-state index contributed by atoms with van der Waals surface area (Å²) in [5.74, 6) is 0. The van der Waals surface area contributed by atoms with Gasteiger partial charge in [-0.15, -0.1) is 11.3 Å². The first-order valence-electron chi connectivity index (χ1n) is 3.29. The third-order valence-corrected chi connectivity index (χ3v) is 2.66. The van der Waals surface area contributed by atoms with Crippen molar-refractivity contribution < 1.29 is 4.79 Å². The highest BCUT2D eigenvalue weighted by Crippen LogP contribution is 2.25. The summed E-state index contributed by atoms with van der Waals surface area (Å²) in [5.41, 5.74) is 3.10. The van der Waals surface area contributed by atoms with Gasteiger partial charge in [-0.1, -0.05) is 11.6 Å². The van der Waals surface area contributed by atoms with E-state index in [1.165, 1.54) is 11.3 Å². The first-order chi connectivity index (χ1) is 5.81. The summed E-state index contributed by atoms with van der Waals surface area (Å²) in [7, 11) is 0. The van der Waals surface area contributed by atoms with Crippen LogP contribution in [0.4, 0.5) is 0 Å². The second kappa shape index (κ2) is 2.84. The smallest absolute Gasteiger partial charge is 0.151 e. The van der Waals surface area contributed by atoms with E-state index in [0.29, 0.717) is 10.6 Å². The molecule has 2 nitrogen and oxygen atoms in total. The summed E-state index contributed by atoms with van der Waals surface area (Å²) in [6.07, 6.45) is 0.798. The van der Waals surface area contributed by atoms with Crippen molar-refractivity contribution in [1.29, 1.82) is 0 Å². The standard InChI is InChI=1S/C8H4ClNOS/c9-6-1-5(3-11)8-7(2-6)10-4-12-8/h1-4H. The zero-order valence-electron chi connectivity index (χ0n) is 5.95. The fraction of sp³-hybridized carbons (Fsp3) is 0. The van der Waals surface area contributed by atoms with Gasteiger partial charge < -0.3 is 0 Å². The van der Waals surface area contributed by atoms with Gasteiger partial charge in [-0.05, 0) is 12.1 Å². The molecule has 0 unspecified atom stereocenters. The Balaban J connectivity index is 2.88. The van der Waals surface area contributed by atoms with Crippen LogP contribution in [-0.4, -0.2) is 11.3 Å². The molecular formula is C8H4ClNOS. The highest BCUT2D eigenvalue weighted by molar-refractivity contribution is 7.17. The van der Waals surface area contributed by atoms with Gasteiger partial charge in [0.1, 0.15) is 0 Å². The Morgan fingerprint density at radius 1 is 1.50 bits per heavy atom. The molecule has 1 aromatic carbocycles. The van der Waals surface area contributed by atoms with Gasteiger partial charge in [0.15, 0.2) is 6.29 Å². The van der Waals surface area contributed by atoms with Gasteiger partial charge in [-0.2, -0.15) is 0 Å². The zero-order chi connectivity index (χ0) is 8.55. The Bertz CT molecular complexity index is 438. The van der Waals surface area contributed by atoms with Crippen molar-refractivity contribution in [2.75, 3.05) is 0 Å². The molecule has 2 aromatic rings. The Labute approximate surface area is 77.8 Å². The molecule has 0 radical (unpaired) electrons. The maximum absolute atomic E-state index is 10.6.